The van der Waals surface area contributed by atoms with E-state index in [9.17, 15) is 13.5 Å². The predicted molar refractivity (Wildman–Crippen MR) is 148 cm³/mol. The van der Waals surface area contributed by atoms with E-state index in [1.807, 2.05) is 23.7 Å². The molecule has 2 aliphatic rings. The Labute approximate surface area is 220 Å². The second kappa shape index (κ2) is 12.3. The fourth-order valence-electron chi connectivity index (χ4n) is 5.05. The van der Waals surface area contributed by atoms with Crippen LogP contribution in [-0.4, -0.2) is 74.1 Å². The van der Waals surface area contributed by atoms with Crippen molar-refractivity contribution in [3.63, 3.8) is 0 Å². The minimum atomic E-state index is -3.55. The average Bonchev–Trinajstić information content (AvgIpc) is 3.24. The Balaban J connectivity index is 1.66. The molecular formula is C27H39N5O4S. The van der Waals surface area contributed by atoms with Crippen LogP contribution in [-0.2, 0) is 14.8 Å². The molecule has 10 heteroatoms. The average molecular weight is 530 g/mol. The molecule has 0 amide bonds. The van der Waals surface area contributed by atoms with Gasteiger partial charge in [0, 0.05) is 42.5 Å². The van der Waals surface area contributed by atoms with Crippen molar-refractivity contribution < 1.29 is 18.3 Å². The van der Waals surface area contributed by atoms with E-state index >= 15 is 0 Å². The molecule has 9 nitrogen and oxygen atoms in total. The van der Waals surface area contributed by atoms with Crippen molar-refractivity contribution in [2.24, 2.45) is 9.98 Å². The molecule has 1 aliphatic carbocycles. The molecule has 2 aromatic rings. The van der Waals surface area contributed by atoms with E-state index in [1.54, 1.807) is 12.1 Å². The number of aliphatic imine (C=N–C) groups is 2. The van der Waals surface area contributed by atoms with Crippen LogP contribution < -0.4 is 5.43 Å². The lowest BCUT2D eigenvalue weighted by atomic mass is 9.85. The minimum absolute atomic E-state index is 0.241. The summed E-state index contributed by atoms with van der Waals surface area (Å²) in [5, 5.41) is 10.0. The SMILES string of the molecule is C=NC(=NCCCC)Nn1c(C2CCC(O)CC2)cc(-c2ccc(S(=O)(=O)N3CCOCC3)cc2)c1C. The van der Waals surface area contributed by atoms with Gasteiger partial charge in [-0.1, -0.05) is 25.5 Å². The summed E-state index contributed by atoms with van der Waals surface area (Å²) < 4.78 is 34.9. The van der Waals surface area contributed by atoms with Gasteiger partial charge in [-0.25, -0.2) is 18.4 Å². The number of unbranched alkanes of at least 4 members (excludes halogenated alkanes) is 1. The van der Waals surface area contributed by atoms with Gasteiger partial charge in [-0.2, -0.15) is 4.31 Å². The molecule has 1 saturated heterocycles. The van der Waals surface area contributed by atoms with Gasteiger partial charge in [0.05, 0.1) is 24.2 Å². The molecule has 0 spiro atoms. The van der Waals surface area contributed by atoms with Crippen LogP contribution in [0.2, 0.25) is 0 Å². The van der Waals surface area contributed by atoms with Gasteiger partial charge in [-0.3, -0.25) is 10.1 Å². The fraction of sp³-hybridized carbons (Fsp3) is 0.556. The van der Waals surface area contributed by atoms with E-state index in [2.05, 4.69) is 35.1 Å². The van der Waals surface area contributed by atoms with Gasteiger partial charge in [-0.15, -0.1) is 0 Å². The highest BCUT2D eigenvalue weighted by atomic mass is 32.2. The Morgan fingerprint density at radius 2 is 1.84 bits per heavy atom. The first kappa shape index (κ1) is 27.5. The lowest BCUT2D eigenvalue weighted by Gasteiger charge is -2.27. The molecule has 1 aliphatic heterocycles. The number of nitrogens with one attached hydrogen (secondary N) is 1. The molecule has 0 radical (unpaired) electrons. The topological polar surface area (TPSA) is 109 Å². The van der Waals surface area contributed by atoms with E-state index in [0.29, 0.717) is 38.8 Å². The number of morpholine rings is 1. The van der Waals surface area contributed by atoms with Crippen LogP contribution in [0.4, 0.5) is 0 Å². The number of hydrogen-bond donors (Lipinski definition) is 2. The van der Waals surface area contributed by atoms with E-state index in [4.69, 9.17) is 4.74 Å². The lowest BCUT2D eigenvalue weighted by molar-refractivity contribution is 0.0730. The van der Waals surface area contributed by atoms with Crippen molar-refractivity contribution in [2.75, 3.05) is 38.3 Å². The third-order valence-corrected chi connectivity index (χ3v) is 9.21. The van der Waals surface area contributed by atoms with Gasteiger partial charge in [-0.05, 0) is 69.5 Å². The number of aliphatic hydroxyl groups is 1. The summed E-state index contributed by atoms with van der Waals surface area (Å²) in [7, 11) is -3.55. The van der Waals surface area contributed by atoms with Crippen molar-refractivity contribution in [1.29, 1.82) is 0 Å². The number of ether oxygens (including phenoxy) is 1. The van der Waals surface area contributed by atoms with Crippen LogP contribution in [0.5, 0.6) is 0 Å². The number of rotatable bonds is 8. The van der Waals surface area contributed by atoms with Gasteiger partial charge < -0.3 is 9.84 Å². The summed E-state index contributed by atoms with van der Waals surface area (Å²) >= 11 is 0. The molecule has 202 valence electrons. The molecule has 2 N–H and O–H groups in total. The highest BCUT2D eigenvalue weighted by molar-refractivity contribution is 7.89. The summed E-state index contributed by atoms with van der Waals surface area (Å²) in [6, 6.07) is 9.28. The smallest absolute Gasteiger partial charge is 0.243 e. The molecule has 2 heterocycles. The third kappa shape index (κ3) is 6.31. The van der Waals surface area contributed by atoms with E-state index in [1.165, 1.54) is 4.31 Å². The first-order valence-corrected chi connectivity index (χ1v) is 14.7. The van der Waals surface area contributed by atoms with E-state index in [-0.39, 0.29) is 16.9 Å². The standard InChI is InChI=1S/C27H39N5O4S/c1-4-5-14-29-27(28-3)30-32-20(2)25(19-26(32)22-6-10-23(33)11-7-22)21-8-12-24(13-9-21)37(34,35)31-15-17-36-18-16-31/h8-9,12-13,19,22-23,33H,3-7,10-11,14-18H2,1-2H3,(H,29,30). The van der Waals surface area contributed by atoms with Crippen LogP contribution in [0, 0.1) is 6.92 Å². The Morgan fingerprint density at radius 1 is 1.16 bits per heavy atom. The summed E-state index contributed by atoms with van der Waals surface area (Å²) in [5.41, 5.74) is 7.41. The quantitative estimate of drug-likeness (QED) is 0.306. The van der Waals surface area contributed by atoms with Crippen molar-refractivity contribution in [3.05, 3.63) is 41.7 Å². The van der Waals surface area contributed by atoms with Crippen LogP contribution in [0.25, 0.3) is 11.1 Å². The van der Waals surface area contributed by atoms with Gasteiger partial charge in [0.25, 0.3) is 0 Å². The van der Waals surface area contributed by atoms with E-state index in [0.717, 1.165) is 61.0 Å². The molecule has 0 bridgehead atoms. The van der Waals surface area contributed by atoms with Crippen molar-refractivity contribution >= 4 is 22.7 Å². The molecule has 2 fully saturated rings. The number of sulfonamides is 1. The van der Waals surface area contributed by atoms with Gasteiger partial charge in [0.1, 0.15) is 0 Å². The maximum Gasteiger partial charge on any atom is 0.243 e. The monoisotopic (exact) mass is 529 g/mol. The zero-order chi connectivity index (χ0) is 26.4. The Kier molecular flexibility index (Phi) is 9.17. The molecule has 4 rings (SSSR count). The Morgan fingerprint density at radius 3 is 2.46 bits per heavy atom. The third-order valence-electron chi connectivity index (χ3n) is 7.30. The zero-order valence-electron chi connectivity index (χ0n) is 21.9. The molecule has 37 heavy (non-hydrogen) atoms. The van der Waals surface area contributed by atoms with Crippen molar-refractivity contribution in [2.45, 2.75) is 69.3 Å². The van der Waals surface area contributed by atoms with Crippen molar-refractivity contribution in [1.82, 2.24) is 8.98 Å². The Bertz CT molecular complexity index is 1190. The predicted octanol–water partition coefficient (Wildman–Crippen LogP) is 3.90. The first-order chi connectivity index (χ1) is 17.8. The minimum Gasteiger partial charge on any atom is -0.393 e. The number of aromatic nitrogens is 1. The number of benzene rings is 1. The van der Waals surface area contributed by atoms with Crippen LogP contribution >= 0.6 is 0 Å². The summed E-state index contributed by atoms with van der Waals surface area (Å²) in [5.74, 6) is 0.758. The molecule has 1 aromatic heterocycles. The highest BCUT2D eigenvalue weighted by Crippen LogP contribution is 2.37. The normalized spacial score (nSPS) is 21.6. The summed E-state index contributed by atoms with van der Waals surface area (Å²) in [6.07, 6.45) is 5.12. The number of hydrogen-bond acceptors (Lipinski definition) is 5. The fourth-order valence-corrected chi connectivity index (χ4v) is 6.46. The highest BCUT2D eigenvalue weighted by Gasteiger charge is 2.28. The summed E-state index contributed by atoms with van der Waals surface area (Å²) in [6.45, 7) is 10.1. The molecule has 1 aromatic carbocycles. The number of guanidine groups is 1. The molecule has 0 atom stereocenters. The van der Waals surface area contributed by atoms with Gasteiger partial charge in [0.15, 0.2) is 0 Å². The van der Waals surface area contributed by atoms with Crippen LogP contribution in [0.1, 0.15) is 62.8 Å². The summed E-state index contributed by atoms with van der Waals surface area (Å²) in [4.78, 5) is 8.96. The zero-order valence-corrected chi connectivity index (χ0v) is 22.7. The van der Waals surface area contributed by atoms with Crippen LogP contribution in [0.15, 0.2) is 45.2 Å². The molecule has 1 saturated carbocycles. The van der Waals surface area contributed by atoms with Crippen molar-refractivity contribution in [3.8, 4) is 11.1 Å². The second-order valence-corrected chi connectivity index (χ2v) is 11.7. The maximum atomic E-state index is 13.1. The lowest BCUT2D eigenvalue weighted by Crippen LogP contribution is -2.40. The van der Waals surface area contributed by atoms with Gasteiger partial charge >= 0.3 is 0 Å². The van der Waals surface area contributed by atoms with Gasteiger partial charge in [0.2, 0.25) is 16.0 Å². The maximum absolute atomic E-state index is 13.1. The number of aliphatic hydroxyl groups excluding tert-OH is 1. The second-order valence-electron chi connectivity index (χ2n) is 9.78. The molecular weight excluding hydrogens is 490 g/mol. The first-order valence-electron chi connectivity index (χ1n) is 13.2. The largest absolute Gasteiger partial charge is 0.393 e. The molecule has 0 unspecified atom stereocenters. The Hall–Kier alpha value is -2.53. The van der Waals surface area contributed by atoms with Crippen LogP contribution in [0.3, 0.4) is 0 Å². The number of nitrogens with zero attached hydrogens (tertiary/aromatic N) is 4. The van der Waals surface area contributed by atoms with E-state index < -0.39 is 10.0 Å².